The molecular weight excluding hydrogens is 284 g/mol. The van der Waals surface area contributed by atoms with Crippen molar-refractivity contribution in [1.82, 2.24) is 10.2 Å². The van der Waals surface area contributed by atoms with Crippen molar-refractivity contribution >= 4 is 11.9 Å². The van der Waals surface area contributed by atoms with Gasteiger partial charge in [0, 0.05) is 12.0 Å². The number of fused-ring (bicyclic) bond motifs is 2. The standard InChI is InChI=1S/C16H20N2O4/c1-11(2)21-10-8-18-14(19)16(17-15(18)20)7-9-22-13-6-4-3-5-12(13)16/h3-6,11H,7-10H2,1-2H3,(H,17,20). The number of carbonyl (C=O) groups is 2. The number of hydrogen-bond acceptors (Lipinski definition) is 4. The van der Waals surface area contributed by atoms with E-state index in [-0.39, 0.29) is 24.6 Å². The fourth-order valence-electron chi connectivity index (χ4n) is 2.95. The Morgan fingerprint density at radius 3 is 2.91 bits per heavy atom. The number of urea groups is 1. The molecule has 6 heteroatoms. The lowest BCUT2D eigenvalue weighted by atomic mass is 9.84. The average molecular weight is 304 g/mol. The summed E-state index contributed by atoms with van der Waals surface area (Å²) in [5.74, 6) is 0.434. The van der Waals surface area contributed by atoms with Gasteiger partial charge >= 0.3 is 6.03 Å². The number of ether oxygens (including phenoxy) is 2. The lowest BCUT2D eigenvalue weighted by Crippen LogP contribution is -2.47. The Bertz CT molecular complexity index is 602. The van der Waals surface area contributed by atoms with Crippen LogP contribution in [0.5, 0.6) is 5.75 Å². The summed E-state index contributed by atoms with van der Waals surface area (Å²) in [5.41, 5.74) is -0.268. The van der Waals surface area contributed by atoms with Crippen molar-refractivity contribution in [2.24, 2.45) is 0 Å². The topological polar surface area (TPSA) is 67.9 Å². The van der Waals surface area contributed by atoms with Crippen molar-refractivity contribution in [3.05, 3.63) is 29.8 Å². The fraction of sp³-hybridized carbons (Fsp3) is 0.500. The first-order valence-electron chi connectivity index (χ1n) is 7.52. The van der Waals surface area contributed by atoms with Gasteiger partial charge in [-0.15, -0.1) is 0 Å². The molecule has 1 aromatic rings. The molecule has 0 aliphatic carbocycles. The highest BCUT2D eigenvalue weighted by atomic mass is 16.5. The minimum Gasteiger partial charge on any atom is -0.493 e. The monoisotopic (exact) mass is 304 g/mol. The number of amides is 3. The first-order chi connectivity index (χ1) is 10.5. The Morgan fingerprint density at radius 1 is 1.36 bits per heavy atom. The second kappa shape index (κ2) is 5.61. The third-order valence-electron chi connectivity index (χ3n) is 4.02. The molecule has 1 atom stereocenters. The SMILES string of the molecule is CC(C)OCCN1C(=O)NC2(CCOc3ccccc32)C1=O. The molecule has 1 aromatic carbocycles. The number of rotatable bonds is 4. The van der Waals surface area contributed by atoms with Gasteiger partial charge in [0.1, 0.15) is 5.75 Å². The summed E-state index contributed by atoms with van der Waals surface area (Å²) in [6.07, 6.45) is 0.509. The van der Waals surface area contributed by atoms with E-state index in [1.165, 1.54) is 4.90 Å². The van der Waals surface area contributed by atoms with Crippen molar-refractivity contribution in [2.75, 3.05) is 19.8 Å². The van der Waals surface area contributed by atoms with E-state index in [2.05, 4.69) is 5.32 Å². The van der Waals surface area contributed by atoms with Crippen molar-refractivity contribution in [3.63, 3.8) is 0 Å². The Kier molecular flexibility index (Phi) is 3.78. The minimum atomic E-state index is -0.996. The van der Waals surface area contributed by atoms with Gasteiger partial charge in [-0.2, -0.15) is 0 Å². The average Bonchev–Trinajstić information content (AvgIpc) is 2.72. The number of carbonyl (C=O) groups excluding carboxylic acids is 2. The van der Waals surface area contributed by atoms with E-state index in [0.29, 0.717) is 25.4 Å². The maximum Gasteiger partial charge on any atom is 0.325 e. The van der Waals surface area contributed by atoms with Crippen LogP contribution in [0.2, 0.25) is 0 Å². The van der Waals surface area contributed by atoms with E-state index in [0.717, 1.165) is 5.56 Å². The van der Waals surface area contributed by atoms with Crippen LogP contribution < -0.4 is 10.1 Å². The third-order valence-corrected chi connectivity index (χ3v) is 4.02. The number of imide groups is 1. The van der Waals surface area contributed by atoms with Crippen LogP contribution in [0.3, 0.4) is 0 Å². The molecule has 1 unspecified atom stereocenters. The van der Waals surface area contributed by atoms with E-state index in [1.54, 1.807) is 0 Å². The van der Waals surface area contributed by atoms with Gasteiger partial charge in [-0.25, -0.2) is 4.79 Å². The summed E-state index contributed by atoms with van der Waals surface area (Å²) >= 11 is 0. The molecule has 0 radical (unpaired) electrons. The van der Waals surface area contributed by atoms with Crippen molar-refractivity contribution in [1.29, 1.82) is 0 Å². The van der Waals surface area contributed by atoms with E-state index < -0.39 is 5.54 Å². The predicted molar refractivity (Wildman–Crippen MR) is 79.6 cm³/mol. The van der Waals surface area contributed by atoms with Crippen LogP contribution in [0, 0.1) is 0 Å². The highest BCUT2D eigenvalue weighted by molar-refractivity contribution is 6.07. The second-order valence-electron chi connectivity index (χ2n) is 5.81. The zero-order chi connectivity index (χ0) is 15.7. The van der Waals surface area contributed by atoms with E-state index in [9.17, 15) is 9.59 Å². The summed E-state index contributed by atoms with van der Waals surface area (Å²) in [5, 5.41) is 2.87. The largest absolute Gasteiger partial charge is 0.493 e. The van der Waals surface area contributed by atoms with Crippen LogP contribution in [0.25, 0.3) is 0 Å². The molecule has 1 spiro atoms. The molecular formula is C16H20N2O4. The van der Waals surface area contributed by atoms with Gasteiger partial charge in [-0.05, 0) is 19.9 Å². The van der Waals surface area contributed by atoms with Crippen LogP contribution in [0.4, 0.5) is 4.79 Å². The summed E-state index contributed by atoms with van der Waals surface area (Å²) in [6.45, 7) is 4.84. The number of nitrogens with zero attached hydrogens (tertiary/aromatic N) is 1. The smallest absolute Gasteiger partial charge is 0.325 e. The normalized spacial score (nSPS) is 23.7. The fourth-order valence-corrected chi connectivity index (χ4v) is 2.95. The lowest BCUT2D eigenvalue weighted by molar-refractivity contribution is -0.133. The van der Waals surface area contributed by atoms with Crippen LogP contribution in [0.1, 0.15) is 25.8 Å². The molecule has 1 fully saturated rings. The van der Waals surface area contributed by atoms with Gasteiger partial charge in [0.25, 0.3) is 5.91 Å². The summed E-state index contributed by atoms with van der Waals surface area (Å²) in [4.78, 5) is 26.3. The highest BCUT2D eigenvalue weighted by Crippen LogP contribution is 2.40. The Hall–Kier alpha value is -2.08. The van der Waals surface area contributed by atoms with Gasteiger partial charge in [0.05, 0.1) is 25.9 Å². The Labute approximate surface area is 129 Å². The van der Waals surface area contributed by atoms with Crippen LogP contribution in [-0.4, -0.2) is 42.7 Å². The van der Waals surface area contributed by atoms with E-state index in [1.807, 2.05) is 38.1 Å². The maximum absolute atomic E-state index is 12.9. The Balaban J connectivity index is 1.85. The predicted octanol–water partition coefficient (Wildman–Crippen LogP) is 1.64. The van der Waals surface area contributed by atoms with Crippen molar-refractivity contribution < 1.29 is 19.1 Å². The molecule has 2 aliphatic heterocycles. The number of nitrogens with one attached hydrogen (secondary N) is 1. The van der Waals surface area contributed by atoms with Gasteiger partial charge in [0.15, 0.2) is 5.54 Å². The summed E-state index contributed by atoms with van der Waals surface area (Å²) < 4.78 is 11.0. The summed E-state index contributed by atoms with van der Waals surface area (Å²) in [7, 11) is 0. The number of hydrogen-bond donors (Lipinski definition) is 1. The molecule has 0 saturated carbocycles. The molecule has 22 heavy (non-hydrogen) atoms. The number of benzene rings is 1. The van der Waals surface area contributed by atoms with Crippen LogP contribution in [-0.2, 0) is 15.1 Å². The van der Waals surface area contributed by atoms with Crippen molar-refractivity contribution in [3.8, 4) is 5.75 Å². The van der Waals surface area contributed by atoms with Crippen LogP contribution >= 0.6 is 0 Å². The first kappa shape index (κ1) is 14.8. The van der Waals surface area contributed by atoms with E-state index in [4.69, 9.17) is 9.47 Å². The zero-order valence-corrected chi connectivity index (χ0v) is 12.8. The summed E-state index contributed by atoms with van der Waals surface area (Å²) in [6, 6.07) is 6.99. The molecule has 3 amide bonds. The molecule has 3 rings (SSSR count). The molecule has 0 bridgehead atoms. The quantitative estimate of drug-likeness (QED) is 0.859. The second-order valence-corrected chi connectivity index (χ2v) is 5.81. The van der Waals surface area contributed by atoms with Crippen LogP contribution in [0.15, 0.2) is 24.3 Å². The zero-order valence-electron chi connectivity index (χ0n) is 12.8. The maximum atomic E-state index is 12.9. The molecule has 1 N–H and O–H groups in total. The molecule has 6 nitrogen and oxygen atoms in total. The van der Waals surface area contributed by atoms with Gasteiger partial charge in [0.2, 0.25) is 0 Å². The lowest BCUT2D eigenvalue weighted by Gasteiger charge is -2.33. The number of para-hydroxylation sites is 1. The van der Waals surface area contributed by atoms with E-state index >= 15 is 0 Å². The molecule has 2 heterocycles. The molecule has 0 aromatic heterocycles. The van der Waals surface area contributed by atoms with Gasteiger partial charge in [-0.3, -0.25) is 9.69 Å². The highest BCUT2D eigenvalue weighted by Gasteiger charge is 2.54. The van der Waals surface area contributed by atoms with Crippen molar-refractivity contribution in [2.45, 2.75) is 31.9 Å². The molecule has 118 valence electrons. The Morgan fingerprint density at radius 2 is 2.14 bits per heavy atom. The first-order valence-corrected chi connectivity index (χ1v) is 7.52. The van der Waals surface area contributed by atoms with Gasteiger partial charge < -0.3 is 14.8 Å². The van der Waals surface area contributed by atoms with Gasteiger partial charge in [-0.1, -0.05) is 18.2 Å². The minimum absolute atomic E-state index is 0.0681. The molecule has 2 aliphatic rings. The molecule has 1 saturated heterocycles. The third kappa shape index (κ3) is 2.33.